The Bertz CT molecular complexity index is 497. The van der Waals surface area contributed by atoms with E-state index in [1.807, 2.05) is 6.07 Å². The number of ether oxygens (including phenoxy) is 2. The van der Waals surface area contributed by atoms with E-state index in [0.29, 0.717) is 5.92 Å². The molecule has 1 aromatic carbocycles. The third-order valence-electron chi connectivity index (χ3n) is 3.77. The topological polar surface area (TPSA) is 42.9 Å². The highest BCUT2D eigenvalue weighted by molar-refractivity contribution is 5.91. The van der Waals surface area contributed by atoms with Crippen molar-refractivity contribution < 1.29 is 9.47 Å². The van der Waals surface area contributed by atoms with Crippen molar-refractivity contribution in [2.75, 3.05) is 27.3 Å². The first-order chi connectivity index (χ1) is 8.85. The molecular formula is C14H18N2O2. The van der Waals surface area contributed by atoms with Gasteiger partial charge in [-0.3, -0.25) is 4.99 Å². The lowest BCUT2D eigenvalue weighted by atomic mass is 9.99. The second-order valence-electron chi connectivity index (χ2n) is 4.65. The SMILES string of the molecule is COc1ccc2c(c1OC)CCC2C1=NCCN1. The third-order valence-corrected chi connectivity index (χ3v) is 3.77. The lowest BCUT2D eigenvalue weighted by molar-refractivity contribution is 0.352. The van der Waals surface area contributed by atoms with Gasteiger partial charge >= 0.3 is 0 Å². The molecule has 4 nitrogen and oxygen atoms in total. The molecule has 4 heteroatoms. The maximum atomic E-state index is 5.50. The Labute approximate surface area is 107 Å². The van der Waals surface area contributed by atoms with Crippen LogP contribution >= 0.6 is 0 Å². The van der Waals surface area contributed by atoms with Gasteiger partial charge in [-0.2, -0.15) is 0 Å². The van der Waals surface area contributed by atoms with Crippen LogP contribution in [0.1, 0.15) is 23.5 Å². The van der Waals surface area contributed by atoms with Crippen molar-refractivity contribution in [1.82, 2.24) is 5.32 Å². The van der Waals surface area contributed by atoms with Gasteiger partial charge in [0.1, 0.15) is 5.84 Å². The molecule has 1 atom stereocenters. The summed E-state index contributed by atoms with van der Waals surface area (Å²) in [6, 6.07) is 4.14. The van der Waals surface area contributed by atoms with E-state index < -0.39 is 0 Å². The maximum Gasteiger partial charge on any atom is 0.164 e. The molecule has 0 bridgehead atoms. The van der Waals surface area contributed by atoms with Crippen molar-refractivity contribution in [3.63, 3.8) is 0 Å². The fourth-order valence-corrected chi connectivity index (χ4v) is 2.97. The monoisotopic (exact) mass is 246 g/mol. The Morgan fingerprint density at radius 3 is 2.83 bits per heavy atom. The average molecular weight is 246 g/mol. The molecule has 0 aromatic heterocycles. The molecule has 0 radical (unpaired) electrons. The summed E-state index contributed by atoms with van der Waals surface area (Å²) in [4.78, 5) is 4.55. The zero-order chi connectivity index (χ0) is 12.5. The van der Waals surface area contributed by atoms with E-state index in [1.54, 1.807) is 14.2 Å². The maximum absolute atomic E-state index is 5.50. The minimum atomic E-state index is 0.405. The number of nitrogens with zero attached hydrogens (tertiary/aromatic N) is 1. The normalized spacial score (nSPS) is 21.2. The van der Waals surface area contributed by atoms with Crippen molar-refractivity contribution in [2.24, 2.45) is 4.99 Å². The highest BCUT2D eigenvalue weighted by atomic mass is 16.5. The van der Waals surface area contributed by atoms with Gasteiger partial charge in [0.2, 0.25) is 0 Å². The average Bonchev–Trinajstić information content (AvgIpc) is 3.05. The molecule has 1 aliphatic heterocycles. The molecular weight excluding hydrogens is 228 g/mol. The molecule has 0 spiro atoms. The standard InChI is InChI=1S/C14H18N2O2/c1-17-12-6-5-9-10(13(12)18-2)3-4-11(9)14-15-7-8-16-14/h5-6,11H,3-4,7-8H2,1-2H3,(H,15,16). The lowest BCUT2D eigenvalue weighted by Crippen LogP contribution is -2.24. The summed E-state index contributed by atoms with van der Waals surface area (Å²) in [6.07, 6.45) is 2.13. The van der Waals surface area contributed by atoms with Crippen molar-refractivity contribution in [1.29, 1.82) is 0 Å². The van der Waals surface area contributed by atoms with Crippen molar-refractivity contribution in [3.8, 4) is 11.5 Å². The summed E-state index contributed by atoms with van der Waals surface area (Å²) in [7, 11) is 3.39. The van der Waals surface area contributed by atoms with E-state index >= 15 is 0 Å². The molecule has 1 N–H and O–H groups in total. The van der Waals surface area contributed by atoms with Crippen molar-refractivity contribution in [2.45, 2.75) is 18.8 Å². The van der Waals surface area contributed by atoms with E-state index in [1.165, 1.54) is 11.1 Å². The van der Waals surface area contributed by atoms with Gasteiger partial charge in [0.25, 0.3) is 0 Å². The van der Waals surface area contributed by atoms with Gasteiger partial charge in [0.05, 0.1) is 20.8 Å². The van der Waals surface area contributed by atoms with E-state index in [9.17, 15) is 0 Å². The number of fused-ring (bicyclic) bond motifs is 1. The number of methoxy groups -OCH3 is 2. The van der Waals surface area contributed by atoms with Crippen LogP contribution in [-0.2, 0) is 6.42 Å². The third kappa shape index (κ3) is 1.64. The van der Waals surface area contributed by atoms with Crippen LogP contribution in [0.4, 0.5) is 0 Å². The van der Waals surface area contributed by atoms with Crippen molar-refractivity contribution >= 4 is 5.84 Å². The largest absolute Gasteiger partial charge is 0.493 e. The minimum absolute atomic E-state index is 0.405. The highest BCUT2D eigenvalue weighted by Gasteiger charge is 2.31. The first-order valence-electron chi connectivity index (χ1n) is 6.37. The molecule has 1 aliphatic carbocycles. The van der Waals surface area contributed by atoms with E-state index in [-0.39, 0.29) is 0 Å². The molecule has 0 fully saturated rings. The van der Waals surface area contributed by atoms with Crippen LogP contribution in [0.3, 0.4) is 0 Å². The summed E-state index contributed by atoms with van der Waals surface area (Å²) in [5.41, 5.74) is 2.61. The Morgan fingerprint density at radius 1 is 1.28 bits per heavy atom. The Kier molecular flexibility index (Phi) is 2.86. The molecule has 1 aromatic rings. The number of hydrogen-bond acceptors (Lipinski definition) is 4. The quantitative estimate of drug-likeness (QED) is 0.883. The van der Waals surface area contributed by atoms with Crippen LogP contribution in [0.5, 0.6) is 11.5 Å². The fourth-order valence-electron chi connectivity index (χ4n) is 2.97. The van der Waals surface area contributed by atoms with Crippen LogP contribution in [0.2, 0.25) is 0 Å². The van der Waals surface area contributed by atoms with Gasteiger partial charge < -0.3 is 14.8 Å². The molecule has 1 unspecified atom stereocenters. The first-order valence-corrected chi connectivity index (χ1v) is 6.37. The summed E-state index contributed by atoms with van der Waals surface area (Å²) in [5.74, 6) is 3.25. The predicted molar refractivity (Wildman–Crippen MR) is 70.9 cm³/mol. The van der Waals surface area contributed by atoms with Crippen molar-refractivity contribution in [3.05, 3.63) is 23.3 Å². The smallest absolute Gasteiger partial charge is 0.164 e. The van der Waals surface area contributed by atoms with E-state index in [0.717, 1.165) is 43.3 Å². The molecule has 0 amide bonds. The zero-order valence-electron chi connectivity index (χ0n) is 10.8. The number of amidine groups is 1. The first kappa shape index (κ1) is 11.4. The van der Waals surface area contributed by atoms with Gasteiger partial charge in [-0.25, -0.2) is 0 Å². The molecule has 1 heterocycles. The Balaban J connectivity index is 2.02. The number of benzene rings is 1. The Morgan fingerprint density at radius 2 is 2.17 bits per heavy atom. The summed E-state index contributed by atoms with van der Waals surface area (Å²) in [5, 5.41) is 3.38. The molecule has 2 aliphatic rings. The van der Waals surface area contributed by atoms with Gasteiger partial charge in [-0.1, -0.05) is 6.07 Å². The highest BCUT2D eigenvalue weighted by Crippen LogP contribution is 2.43. The molecule has 3 rings (SSSR count). The molecule has 0 saturated carbocycles. The number of nitrogens with one attached hydrogen (secondary N) is 1. The van der Waals surface area contributed by atoms with Gasteiger partial charge in [-0.05, 0) is 24.5 Å². The van der Waals surface area contributed by atoms with E-state index in [2.05, 4.69) is 16.4 Å². The summed E-state index contributed by atoms with van der Waals surface area (Å²) >= 11 is 0. The number of aliphatic imine (C=N–C) groups is 1. The molecule has 96 valence electrons. The molecule has 18 heavy (non-hydrogen) atoms. The summed E-state index contributed by atoms with van der Waals surface area (Å²) in [6.45, 7) is 1.86. The van der Waals surface area contributed by atoms with Crippen LogP contribution < -0.4 is 14.8 Å². The van der Waals surface area contributed by atoms with Gasteiger partial charge in [-0.15, -0.1) is 0 Å². The van der Waals surface area contributed by atoms with Crippen LogP contribution in [0, 0.1) is 0 Å². The zero-order valence-corrected chi connectivity index (χ0v) is 10.8. The minimum Gasteiger partial charge on any atom is -0.493 e. The van der Waals surface area contributed by atoms with Gasteiger partial charge in [0, 0.05) is 18.0 Å². The number of hydrogen-bond donors (Lipinski definition) is 1. The predicted octanol–water partition coefficient (Wildman–Crippen LogP) is 1.74. The second kappa shape index (κ2) is 4.52. The van der Waals surface area contributed by atoms with E-state index in [4.69, 9.17) is 9.47 Å². The molecule has 0 saturated heterocycles. The Hall–Kier alpha value is -1.71. The van der Waals surface area contributed by atoms with Crippen LogP contribution in [0.15, 0.2) is 17.1 Å². The number of rotatable bonds is 3. The summed E-state index contributed by atoms with van der Waals surface area (Å²) < 4.78 is 10.9. The van der Waals surface area contributed by atoms with Crippen LogP contribution in [0.25, 0.3) is 0 Å². The lowest BCUT2D eigenvalue weighted by Gasteiger charge is -2.15. The van der Waals surface area contributed by atoms with Crippen LogP contribution in [-0.4, -0.2) is 33.1 Å². The second-order valence-corrected chi connectivity index (χ2v) is 4.65. The van der Waals surface area contributed by atoms with Gasteiger partial charge in [0.15, 0.2) is 11.5 Å². The fraction of sp³-hybridized carbons (Fsp3) is 0.500.